The van der Waals surface area contributed by atoms with Crippen molar-refractivity contribution in [2.45, 2.75) is 37.4 Å². The first-order valence-corrected chi connectivity index (χ1v) is 9.62. The van der Waals surface area contributed by atoms with Gasteiger partial charge in [0.2, 0.25) is 0 Å². The number of hydrogen-bond donors (Lipinski definition) is 4. The Morgan fingerprint density at radius 2 is 1.76 bits per heavy atom. The van der Waals surface area contributed by atoms with Crippen molar-refractivity contribution in [3.05, 3.63) is 64.2 Å². The molecule has 0 unspecified atom stereocenters. The highest BCUT2D eigenvalue weighted by Crippen LogP contribution is 2.34. The van der Waals surface area contributed by atoms with Gasteiger partial charge in [-0.05, 0) is 48.9 Å². The predicted octanol–water partition coefficient (Wildman–Crippen LogP) is 1.48. The van der Waals surface area contributed by atoms with Crippen LogP contribution < -0.4 is 4.74 Å². The number of halogens is 1. The lowest BCUT2D eigenvalue weighted by Gasteiger charge is -2.40. The molecule has 1 saturated heterocycles. The molecular weight excluding hydrogens is 400 g/mol. The number of aliphatic hydroxyl groups is 4. The third-order valence-electron chi connectivity index (χ3n) is 4.88. The van der Waals surface area contributed by atoms with E-state index in [1.54, 1.807) is 30.3 Å². The first kappa shape index (κ1) is 21.7. The molecule has 0 bridgehead atoms. The van der Waals surface area contributed by atoms with Crippen molar-refractivity contribution in [1.82, 2.24) is 0 Å². The van der Waals surface area contributed by atoms with Crippen molar-refractivity contribution >= 4 is 17.4 Å². The molecular formula is C21H23ClO7. The number of rotatable bonds is 6. The van der Waals surface area contributed by atoms with E-state index in [9.17, 15) is 25.2 Å². The number of ether oxygens (including phenoxy) is 2. The molecule has 1 aliphatic heterocycles. The van der Waals surface area contributed by atoms with Crippen LogP contribution in [0, 0.1) is 0 Å². The standard InChI is InChI=1S/C21H23ClO7/c1-2-28-13-6-3-11(4-7-13)17(24)14-9-12(5-8-15(14)22)21-20(27)19(26)18(25)16(10-23)29-21/h3-9,16,18-21,23,25-27H,2,10H2,1H3/t16-,18+,19+,20-,21+/m1/s1. The fourth-order valence-electron chi connectivity index (χ4n) is 3.30. The Labute approximate surface area is 173 Å². The Balaban J connectivity index is 1.90. The number of carbonyl (C=O) groups is 1. The normalized spacial score (nSPS) is 26.9. The number of ketones is 1. The molecule has 7 nitrogen and oxygen atoms in total. The van der Waals surface area contributed by atoms with Crippen LogP contribution in [0.3, 0.4) is 0 Å². The van der Waals surface area contributed by atoms with Crippen LogP contribution in [-0.4, -0.2) is 63.8 Å². The summed E-state index contributed by atoms with van der Waals surface area (Å²) in [5, 5.41) is 39.9. The summed E-state index contributed by atoms with van der Waals surface area (Å²) in [6.07, 6.45) is -6.49. The Hall–Kier alpha value is -2.00. The molecule has 3 rings (SSSR count). The van der Waals surface area contributed by atoms with E-state index in [0.717, 1.165) is 0 Å². The summed E-state index contributed by atoms with van der Waals surface area (Å²) in [5.41, 5.74) is 0.993. The molecule has 0 amide bonds. The van der Waals surface area contributed by atoms with E-state index in [1.165, 1.54) is 12.1 Å². The second-order valence-electron chi connectivity index (χ2n) is 6.78. The van der Waals surface area contributed by atoms with Crippen LogP contribution in [0.1, 0.15) is 34.5 Å². The van der Waals surface area contributed by atoms with Crippen LogP contribution >= 0.6 is 11.6 Å². The van der Waals surface area contributed by atoms with E-state index in [4.69, 9.17) is 21.1 Å². The van der Waals surface area contributed by atoms with Gasteiger partial charge in [-0.2, -0.15) is 0 Å². The zero-order chi connectivity index (χ0) is 21.1. The van der Waals surface area contributed by atoms with Gasteiger partial charge in [0.15, 0.2) is 5.78 Å². The van der Waals surface area contributed by atoms with Crippen molar-refractivity contribution in [3.8, 4) is 5.75 Å². The van der Waals surface area contributed by atoms with Gasteiger partial charge in [-0.3, -0.25) is 4.79 Å². The number of carbonyl (C=O) groups excluding carboxylic acids is 1. The fourth-order valence-corrected chi connectivity index (χ4v) is 3.50. The van der Waals surface area contributed by atoms with Crippen LogP contribution in [0.4, 0.5) is 0 Å². The largest absolute Gasteiger partial charge is 0.494 e. The van der Waals surface area contributed by atoms with Crippen LogP contribution in [0.25, 0.3) is 0 Å². The third kappa shape index (κ3) is 4.45. The van der Waals surface area contributed by atoms with Crippen molar-refractivity contribution in [2.24, 2.45) is 0 Å². The van der Waals surface area contributed by atoms with Gasteiger partial charge in [0, 0.05) is 11.1 Å². The number of hydrogen-bond acceptors (Lipinski definition) is 7. The second kappa shape index (κ2) is 9.21. The van der Waals surface area contributed by atoms with Gasteiger partial charge in [0.1, 0.15) is 36.3 Å². The van der Waals surface area contributed by atoms with Gasteiger partial charge in [0.05, 0.1) is 18.2 Å². The Morgan fingerprint density at radius 1 is 1.07 bits per heavy atom. The maximum atomic E-state index is 12.9. The smallest absolute Gasteiger partial charge is 0.194 e. The molecule has 1 aliphatic rings. The maximum absolute atomic E-state index is 12.9. The predicted molar refractivity (Wildman–Crippen MR) is 105 cm³/mol. The molecule has 2 aromatic rings. The van der Waals surface area contributed by atoms with E-state index in [2.05, 4.69) is 0 Å². The van der Waals surface area contributed by atoms with Crippen molar-refractivity contribution in [3.63, 3.8) is 0 Å². The SMILES string of the molecule is CCOc1ccc(C(=O)c2cc([C@@H]3O[C@H](CO)[C@H](O)[C@H](O)[C@H]3O)ccc2Cl)cc1. The van der Waals surface area contributed by atoms with E-state index in [1.807, 2.05) is 6.92 Å². The molecule has 1 fully saturated rings. The van der Waals surface area contributed by atoms with E-state index in [-0.39, 0.29) is 16.4 Å². The summed E-state index contributed by atoms with van der Waals surface area (Å²) < 4.78 is 10.9. The lowest BCUT2D eigenvalue weighted by atomic mass is 9.90. The van der Waals surface area contributed by atoms with Crippen LogP contribution in [0.2, 0.25) is 5.02 Å². The molecule has 0 aliphatic carbocycles. The van der Waals surface area contributed by atoms with E-state index in [0.29, 0.717) is 23.5 Å². The van der Waals surface area contributed by atoms with E-state index >= 15 is 0 Å². The molecule has 8 heteroatoms. The Morgan fingerprint density at radius 3 is 2.38 bits per heavy atom. The minimum absolute atomic E-state index is 0.199. The van der Waals surface area contributed by atoms with Gasteiger partial charge in [-0.15, -0.1) is 0 Å². The highest BCUT2D eigenvalue weighted by atomic mass is 35.5. The molecule has 1 heterocycles. The summed E-state index contributed by atoms with van der Waals surface area (Å²) in [4.78, 5) is 12.9. The summed E-state index contributed by atoms with van der Waals surface area (Å²) >= 11 is 6.23. The van der Waals surface area contributed by atoms with Crippen LogP contribution in [0.5, 0.6) is 5.75 Å². The highest BCUT2D eigenvalue weighted by molar-refractivity contribution is 6.35. The lowest BCUT2D eigenvalue weighted by Crippen LogP contribution is -2.55. The summed E-state index contributed by atoms with van der Waals surface area (Å²) in [5.74, 6) is 0.315. The van der Waals surface area contributed by atoms with Crippen molar-refractivity contribution in [1.29, 1.82) is 0 Å². The van der Waals surface area contributed by atoms with Crippen LogP contribution in [0.15, 0.2) is 42.5 Å². The third-order valence-corrected chi connectivity index (χ3v) is 5.21. The minimum Gasteiger partial charge on any atom is -0.494 e. The topological polar surface area (TPSA) is 116 Å². The number of aliphatic hydroxyl groups excluding tert-OH is 4. The monoisotopic (exact) mass is 422 g/mol. The quantitative estimate of drug-likeness (QED) is 0.521. The minimum atomic E-state index is -1.51. The molecule has 29 heavy (non-hydrogen) atoms. The maximum Gasteiger partial charge on any atom is 0.194 e. The molecule has 156 valence electrons. The Kier molecular flexibility index (Phi) is 6.89. The summed E-state index contributed by atoms with van der Waals surface area (Å²) in [7, 11) is 0. The average molecular weight is 423 g/mol. The average Bonchev–Trinajstić information content (AvgIpc) is 2.73. The van der Waals surface area contributed by atoms with Crippen LogP contribution in [-0.2, 0) is 4.74 Å². The van der Waals surface area contributed by atoms with Crippen molar-refractivity contribution in [2.75, 3.05) is 13.2 Å². The molecule has 0 radical (unpaired) electrons. The van der Waals surface area contributed by atoms with Gasteiger partial charge < -0.3 is 29.9 Å². The highest BCUT2D eigenvalue weighted by Gasteiger charge is 2.44. The molecule has 5 atom stereocenters. The zero-order valence-corrected chi connectivity index (χ0v) is 16.5. The second-order valence-corrected chi connectivity index (χ2v) is 7.18. The van der Waals surface area contributed by atoms with Gasteiger partial charge in [-0.25, -0.2) is 0 Å². The number of benzene rings is 2. The van der Waals surface area contributed by atoms with E-state index < -0.39 is 37.1 Å². The fraction of sp³-hybridized carbons (Fsp3) is 0.381. The molecule has 2 aromatic carbocycles. The van der Waals surface area contributed by atoms with Gasteiger partial charge in [0.25, 0.3) is 0 Å². The molecule has 4 N–H and O–H groups in total. The summed E-state index contributed by atoms with van der Waals surface area (Å²) in [6, 6.07) is 11.2. The molecule has 0 saturated carbocycles. The zero-order valence-electron chi connectivity index (χ0n) is 15.7. The van der Waals surface area contributed by atoms with Gasteiger partial charge >= 0.3 is 0 Å². The molecule has 0 spiro atoms. The summed E-state index contributed by atoms with van der Waals surface area (Å²) in [6.45, 7) is 1.84. The van der Waals surface area contributed by atoms with Crippen molar-refractivity contribution < 1.29 is 34.7 Å². The Bertz CT molecular complexity index is 853. The first-order chi connectivity index (χ1) is 13.9. The lowest BCUT2D eigenvalue weighted by molar-refractivity contribution is -0.231. The first-order valence-electron chi connectivity index (χ1n) is 9.24. The molecule has 0 aromatic heterocycles. The van der Waals surface area contributed by atoms with Gasteiger partial charge in [-0.1, -0.05) is 17.7 Å².